The van der Waals surface area contributed by atoms with E-state index in [0.717, 1.165) is 17.0 Å². The molecule has 25 unspecified atom stereocenters. The molecular weight excluding hydrogens is 1240 g/mol. The fourth-order valence-electron chi connectivity index (χ4n) is 11.2. The van der Waals surface area contributed by atoms with Gasteiger partial charge in [-0.2, -0.15) is 0 Å². The Morgan fingerprint density at radius 3 is 1.83 bits per heavy atom. The van der Waals surface area contributed by atoms with Crippen molar-refractivity contribution in [2.75, 3.05) is 46.1 Å². The number of aliphatic hydroxyl groups is 14. The van der Waals surface area contributed by atoms with Crippen molar-refractivity contribution in [2.24, 2.45) is 21.5 Å². The van der Waals surface area contributed by atoms with Crippen molar-refractivity contribution < 1.29 is 128 Å². The highest BCUT2D eigenvalue weighted by Crippen LogP contribution is 2.32. The van der Waals surface area contributed by atoms with Gasteiger partial charge in [0.1, 0.15) is 127 Å². The van der Waals surface area contributed by atoms with Crippen LogP contribution in [0.3, 0.4) is 0 Å². The quantitative estimate of drug-likeness (QED) is 0.0699. The Hall–Kier alpha value is -7.19. The number of nitrogens with two attached hydrogens (primary N) is 2. The molecule has 0 bridgehead atoms. The Balaban J connectivity index is 1.11. The Kier molecular flexibility index (Phi) is 23.6. The van der Waals surface area contributed by atoms with E-state index in [2.05, 4.69) is 47.2 Å². The van der Waals surface area contributed by atoms with Crippen LogP contribution in [0.15, 0.2) is 58.5 Å². The molecule has 25 N–H and O–H groups in total. The molecule has 92 heavy (non-hydrogen) atoms. The van der Waals surface area contributed by atoms with E-state index in [0.29, 0.717) is 0 Å². The number of nitrogens with zero attached hydrogens (tertiary/aromatic N) is 3. The number of rotatable bonds is 17. The van der Waals surface area contributed by atoms with Crippen LogP contribution < -0.4 is 53.4 Å². The molecule has 0 aliphatic carbocycles. The second-order valence-electron chi connectivity index (χ2n) is 22.7. The number of nitrogens with one attached hydrogen (secondary N) is 7. The molecule has 6 aliphatic heterocycles. The molecular formula is C54H77FN12O25. The van der Waals surface area contributed by atoms with E-state index in [-0.39, 0.29) is 29.4 Å². The molecule has 4 fully saturated rings. The third kappa shape index (κ3) is 15.7. The summed E-state index contributed by atoms with van der Waals surface area (Å²) in [6.07, 6.45) is -32.1. The van der Waals surface area contributed by atoms with Crippen LogP contribution in [0, 0.1) is 5.82 Å². The van der Waals surface area contributed by atoms with Gasteiger partial charge in [0.15, 0.2) is 24.4 Å². The van der Waals surface area contributed by atoms with Crippen molar-refractivity contribution in [1.29, 1.82) is 0 Å². The van der Waals surface area contributed by atoms with E-state index < -0.39 is 246 Å². The number of aliphatic hydroxyl groups excluding tert-OH is 14. The summed E-state index contributed by atoms with van der Waals surface area (Å²) < 4.78 is 43.0. The van der Waals surface area contributed by atoms with Crippen LogP contribution in [-0.4, -0.2) is 316 Å². The number of ether oxygens (including phenoxy) is 5. The summed E-state index contributed by atoms with van der Waals surface area (Å²) in [5, 5.41) is 167. The van der Waals surface area contributed by atoms with Crippen molar-refractivity contribution in [2.45, 2.75) is 166 Å². The second kappa shape index (κ2) is 30.7. The second-order valence-corrected chi connectivity index (χ2v) is 22.7. The van der Waals surface area contributed by atoms with Crippen molar-refractivity contribution in [3.63, 3.8) is 0 Å². The zero-order valence-electron chi connectivity index (χ0n) is 48.8. The first-order valence-electron chi connectivity index (χ1n) is 29.0. The van der Waals surface area contributed by atoms with E-state index in [1.54, 1.807) is 0 Å². The number of amides is 6. The van der Waals surface area contributed by atoms with Crippen LogP contribution >= 0.6 is 0 Å². The molecule has 0 spiro atoms. The van der Waals surface area contributed by atoms with Crippen molar-refractivity contribution >= 4 is 47.4 Å². The van der Waals surface area contributed by atoms with Gasteiger partial charge in [0.2, 0.25) is 41.7 Å². The Labute approximate surface area is 521 Å². The topological polar surface area (TPSA) is 596 Å². The highest BCUT2D eigenvalue weighted by Gasteiger charge is 2.54. The molecule has 2 aromatic rings. The number of hydrogen-bond acceptors (Lipinski definition) is 31. The fraction of sp³-hybridized carbons (Fsp3) is 0.630. The first-order valence-corrected chi connectivity index (χ1v) is 29.0. The van der Waals surface area contributed by atoms with Gasteiger partial charge in [-0.15, -0.1) is 0 Å². The highest BCUT2D eigenvalue weighted by atomic mass is 19.1. The molecule has 4 saturated heterocycles. The van der Waals surface area contributed by atoms with Crippen LogP contribution in [0.5, 0.6) is 5.75 Å². The minimum atomic E-state index is -2.38. The molecule has 6 aliphatic rings. The number of hydrogen-bond donors (Lipinski definition) is 23. The van der Waals surface area contributed by atoms with Gasteiger partial charge in [0.25, 0.3) is 0 Å². The SMILES string of the molecule is CC(c1cccc(F)c1)C1NC(=O)CNC(=O)C(CO)NC(=O)C(C(O)C2CN=C(N)N2C2OC(CO)C(O)C(O)C2O)NC(=O)C(C(O)C2CN=C(N)N2)NC(=O)C(Cc2ccc(OC3OC(CO)C(OC4OC(CO)C(O)C(O)C4O)C(O)C3O)cc2)NC1=O. The van der Waals surface area contributed by atoms with Crippen LogP contribution in [0.25, 0.3) is 0 Å². The Morgan fingerprint density at radius 2 is 1.20 bits per heavy atom. The van der Waals surface area contributed by atoms with Crippen LogP contribution in [0.4, 0.5) is 4.39 Å². The zero-order valence-corrected chi connectivity index (χ0v) is 48.8. The smallest absolute Gasteiger partial charge is 0.246 e. The Bertz CT molecular complexity index is 2980. The fourth-order valence-corrected chi connectivity index (χ4v) is 11.2. The van der Waals surface area contributed by atoms with E-state index in [1.807, 2.05) is 0 Å². The van der Waals surface area contributed by atoms with Gasteiger partial charge in [-0.25, -0.2) is 4.39 Å². The van der Waals surface area contributed by atoms with E-state index in [9.17, 15) is 95.1 Å². The van der Waals surface area contributed by atoms with Gasteiger partial charge in [-0.1, -0.05) is 31.2 Å². The maximum atomic E-state index is 15.1. The monoisotopic (exact) mass is 1310 g/mol. The number of halogens is 1. The summed E-state index contributed by atoms with van der Waals surface area (Å²) in [6, 6.07) is -3.13. The van der Waals surface area contributed by atoms with Gasteiger partial charge >= 0.3 is 0 Å². The number of aliphatic imine (C=N–C) groups is 2. The van der Waals surface area contributed by atoms with Crippen LogP contribution in [0.1, 0.15) is 24.0 Å². The van der Waals surface area contributed by atoms with E-state index in [1.165, 1.54) is 43.3 Å². The summed E-state index contributed by atoms with van der Waals surface area (Å²) in [5.41, 5.74) is 12.4. The lowest BCUT2D eigenvalue weighted by molar-refractivity contribution is -0.352. The molecule has 0 aromatic heterocycles. The lowest BCUT2D eigenvalue weighted by Gasteiger charge is -2.46. The molecule has 0 radical (unpaired) electrons. The van der Waals surface area contributed by atoms with Gasteiger partial charge in [0, 0.05) is 12.3 Å². The minimum absolute atomic E-state index is 0.105. The molecule has 6 amide bonds. The largest absolute Gasteiger partial charge is 0.462 e. The Morgan fingerprint density at radius 1 is 0.609 bits per heavy atom. The molecule has 37 nitrogen and oxygen atoms in total. The van der Waals surface area contributed by atoms with Gasteiger partial charge in [0.05, 0.1) is 58.1 Å². The summed E-state index contributed by atoms with van der Waals surface area (Å²) in [5.74, 6) is -10.5. The number of carbonyl (C=O) groups is 6. The van der Waals surface area contributed by atoms with Crippen molar-refractivity contribution in [1.82, 2.24) is 42.1 Å². The third-order valence-electron chi connectivity index (χ3n) is 16.6. The molecule has 6 heterocycles. The first kappa shape index (κ1) is 70.7. The number of benzene rings is 2. The average molecular weight is 1310 g/mol. The maximum Gasteiger partial charge on any atom is 0.246 e. The molecule has 510 valence electrons. The van der Waals surface area contributed by atoms with Crippen molar-refractivity contribution in [3.8, 4) is 5.75 Å². The van der Waals surface area contributed by atoms with Gasteiger partial charge in [-0.3, -0.25) is 38.8 Å². The summed E-state index contributed by atoms with van der Waals surface area (Å²) in [7, 11) is 0. The highest BCUT2D eigenvalue weighted by molar-refractivity contribution is 5.98. The van der Waals surface area contributed by atoms with Crippen molar-refractivity contribution in [3.05, 3.63) is 65.5 Å². The predicted octanol–water partition coefficient (Wildman–Crippen LogP) is -13.5. The average Bonchev–Trinajstić information content (AvgIpc) is 1.45. The van der Waals surface area contributed by atoms with Crippen LogP contribution in [-0.2, 0) is 54.1 Å². The lowest BCUT2D eigenvalue weighted by Crippen LogP contribution is -2.70. The molecule has 38 heteroatoms. The summed E-state index contributed by atoms with van der Waals surface area (Å²) >= 11 is 0. The normalized spacial score (nSPS) is 37.3. The lowest BCUT2D eigenvalue weighted by atomic mass is 9.91. The third-order valence-corrected chi connectivity index (χ3v) is 16.6. The first-order chi connectivity index (χ1) is 43.7. The van der Waals surface area contributed by atoms with E-state index >= 15 is 9.59 Å². The zero-order chi connectivity index (χ0) is 67.2. The standard InChI is InChI=1S/C54H77FN12O25/c1-18(20-3-2-4-21(55)10-20)31-47(85)61-23(9-19-5-7-22(8-6-19)88-51-43(82)40(79)44(29(17-71)91-51)92-52-42(81)39(78)37(76)28(16-70)90-52)46(84)65-32(34(73)24-11-59-53(56)63-24)49(87)66-33(48(86)62-25(14-68)45(83)58-13-30(72)64-31)35(74)26-12-60-54(57)67(26)50-41(80)38(77)36(75)27(15-69)89-50/h2-8,10,18,23-29,31-44,50-52,68-71,73-82H,9,11-17H2,1H3,(H2,57,60)(H,58,83)(H,61,85)(H,62,86)(H,64,72)(H,65,84)(H,66,87)(H3,56,59,63). The molecule has 0 saturated carbocycles. The predicted molar refractivity (Wildman–Crippen MR) is 303 cm³/mol. The molecule has 25 atom stereocenters. The van der Waals surface area contributed by atoms with E-state index in [4.69, 9.17) is 35.2 Å². The summed E-state index contributed by atoms with van der Waals surface area (Å²) in [6.45, 7) is -4.32. The van der Waals surface area contributed by atoms with Gasteiger partial charge in [-0.05, 0) is 35.4 Å². The van der Waals surface area contributed by atoms with Gasteiger partial charge < -0.3 is 149 Å². The van der Waals surface area contributed by atoms with Crippen LogP contribution in [0.2, 0.25) is 0 Å². The maximum absolute atomic E-state index is 15.1. The number of carbonyl (C=O) groups excluding carboxylic acids is 6. The number of guanidine groups is 2. The molecule has 8 rings (SSSR count). The summed E-state index contributed by atoms with van der Waals surface area (Å²) in [4.78, 5) is 95.9. The molecule has 2 aromatic carbocycles. The minimum Gasteiger partial charge on any atom is -0.462 e.